The van der Waals surface area contributed by atoms with Crippen molar-refractivity contribution in [3.8, 4) is 11.5 Å². The lowest BCUT2D eigenvalue weighted by molar-refractivity contribution is 0.0659. The van der Waals surface area contributed by atoms with Crippen molar-refractivity contribution in [2.24, 2.45) is 0 Å². The van der Waals surface area contributed by atoms with Gasteiger partial charge in [0.2, 0.25) is 5.76 Å². The molecule has 7 nitrogen and oxygen atoms in total. The van der Waals surface area contributed by atoms with Gasteiger partial charge in [-0.15, -0.1) is 0 Å². The van der Waals surface area contributed by atoms with Gasteiger partial charge >= 0.3 is 5.97 Å². The van der Waals surface area contributed by atoms with Crippen molar-refractivity contribution in [3.63, 3.8) is 0 Å². The second-order valence-corrected chi connectivity index (χ2v) is 6.16. The highest BCUT2D eigenvalue weighted by molar-refractivity contribution is 5.93. The van der Waals surface area contributed by atoms with Crippen LogP contribution in [0, 0.1) is 0 Å². The lowest BCUT2D eigenvalue weighted by Crippen LogP contribution is -2.22. The van der Waals surface area contributed by atoms with E-state index in [4.69, 9.17) is 19.0 Å². The fourth-order valence-corrected chi connectivity index (χ4v) is 2.95. The molecule has 1 aromatic heterocycles. The van der Waals surface area contributed by atoms with Gasteiger partial charge in [-0.2, -0.15) is 0 Å². The fraction of sp³-hybridized carbons (Fsp3) is 0.368. The second kappa shape index (κ2) is 7.95. The van der Waals surface area contributed by atoms with Crippen LogP contribution in [0.15, 0.2) is 34.7 Å². The molecule has 0 spiro atoms. The highest BCUT2D eigenvalue weighted by atomic mass is 16.5. The minimum absolute atomic E-state index is 0.0432. The van der Waals surface area contributed by atoms with Crippen molar-refractivity contribution in [2.75, 3.05) is 7.11 Å². The van der Waals surface area contributed by atoms with Gasteiger partial charge in [-0.3, -0.25) is 4.79 Å². The molecular formula is C19H21NO6. The summed E-state index contributed by atoms with van der Waals surface area (Å²) >= 11 is 0. The SMILES string of the molecule is COc1ccc(CNC(=O)c2ccc(C(=O)O)o2)cc1OC1CCCC1. The van der Waals surface area contributed by atoms with Crippen LogP contribution in [0.25, 0.3) is 0 Å². The first-order valence-electron chi connectivity index (χ1n) is 8.51. The van der Waals surface area contributed by atoms with Crippen molar-refractivity contribution >= 4 is 11.9 Å². The summed E-state index contributed by atoms with van der Waals surface area (Å²) in [5, 5.41) is 11.5. The van der Waals surface area contributed by atoms with E-state index in [-0.39, 0.29) is 24.2 Å². The summed E-state index contributed by atoms with van der Waals surface area (Å²) in [5.74, 6) is -0.689. The Bertz CT molecular complexity index is 791. The second-order valence-electron chi connectivity index (χ2n) is 6.16. The number of carbonyl (C=O) groups is 2. The summed E-state index contributed by atoms with van der Waals surface area (Å²) in [6, 6.07) is 8.08. The Hall–Kier alpha value is -2.96. The summed E-state index contributed by atoms with van der Waals surface area (Å²) in [7, 11) is 1.59. The van der Waals surface area contributed by atoms with Gasteiger partial charge in [-0.25, -0.2) is 4.79 Å². The van der Waals surface area contributed by atoms with E-state index in [0.29, 0.717) is 11.5 Å². The summed E-state index contributed by atoms with van der Waals surface area (Å²) in [5.41, 5.74) is 0.845. The number of rotatable bonds is 7. The van der Waals surface area contributed by atoms with Crippen LogP contribution in [0.4, 0.5) is 0 Å². The number of carbonyl (C=O) groups excluding carboxylic acids is 1. The highest BCUT2D eigenvalue weighted by Gasteiger charge is 2.19. The van der Waals surface area contributed by atoms with Crippen LogP contribution < -0.4 is 14.8 Å². The molecule has 2 N–H and O–H groups in total. The Morgan fingerprint density at radius 3 is 2.54 bits per heavy atom. The zero-order valence-electron chi connectivity index (χ0n) is 14.5. The average molecular weight is 359 g/mol. The molecule has 7 heteroatoms. The monoisotopic (exact) mass is 359 g/mol. The molecule has 0 saturated heterocycles. The maximum atomic E-state index is 12.1. The third-order valence-electron chi connectivity index (χ3n) is 4.32. The van der Waals surface area contributed by atoms with Crippen LogP contribution in [0.3, 0.4) is 0 Å². The zero-order valence-corrected chi connectivity index (χ0v) is 14.5. The van der Waals surface area contributed by atoms with Crippen LogP contribution >= 0.6 is 0 Å². The summed E-state index contributed by atoms with van der Waals surface area (Å²) < 4.78 is 16.4. The Labute approximate surface area is 150 Å². The molecule has 0 aliphatic heterocycles. The molecule has 1 amide bonds. The van der Waals surface area contributed by atoms with E-state index in [1.165, 1.54) is 25.0 Å². The Balaban J connectivity index is 1.64. The van der Waals surface area contributed by atoms with Crippen LogP contribution in [-0.2, 0) is 6.54 Å². The highest BCUT2D eigenvalue weighted by Crippen LogP contribution is 2.32. The van der Waals surface area contributed by atoms with Gasteiger partial charge in [-0.1, -0.05) is 6.07 Å². The third kappa shape index (κ3) is 4.17. The molecule has 1 fully saturated rings. The molecule has 26 heavy (non-hydrogen) atoms. The molecule has 1 saturated carbocycles. The number of hydrogen-bond donors (Lipinski definition) is 2. The predicted molar refractivity (Wildman–Crippen MR) is 92.7 cm³/mol. The molecule has 138 valence electrons. The normalized spacial score (nSPS) is 14.2. The van der Waals surface area contributed by atoms with E-state index < -0.39 is 11.9 Å². The molecule has 1 aliphatic rings. The van der Waals surface area contributed by atoms with Gasteiger partial charge in [0.05, 0.1) is 13.2 Å². The maximum absolute atomic E-state index is 12.1. The van der Waals surface area contributed by atoms with Gasteiger partial charge in [0.1, 0.15) is 0 Å². The third-order valence-corrected chi connectivity index (χ3v) is 4.32. The van der Waals surface area contributed by atoms with Crippen molar-refractivity contribution in [1.82, 2.24) is 5.32 Å². The van der Waals surface area contributed by atoms with E-state index in [1.807, 2.05) is 12.1 Å². The van der Waals surface area contributed by atoms with Gasteiger partial charge in [0, 0.05) is 6.54 Å². The summed E-state index contributed by atoms with van der Waals surface area (Å²) in [6.07, 6.45) is 4.61. The lowest BCUT2D eigenvalue weighted by Gasteiger charge is -2.17. The molecule has 3 rings (SSSR count). The number of hydrogen-bond acceptors (Lipinski definition) is 5. The number of carboxylic acids is 1. The maximum Gasteiger partial charge on any atom is 0.371 e. The number of furan rings is 1. The zero-order chi connectivity index (χ0) is 18.5. The number of methoxy groups -OCH3 is 1. The van der Waals surface area contributed by atoms with Crippen molar-refractivity contribution < 1.29 is 28.6 Å². The molecule has 0 unspecified atom stereocenters. The minimum atomic E-state index is -1.21. The Morgan fingerprint density at radius 2 is 1.88 bits per heavy atom. The number of aromatic carboxylic acids is 1. The van der Waals surface area contributed by atoms with Crippen molar-refractivity contribution in [1.29, 1.82) is 0 Å². The molecule has 2 aromatic rings. The van der Waals surface area contributed by atoms with Gasteiger partial charge in [0.15, 0.2) is 17.3 Å². The van der Waals surface area contributed by atoms with Gasteiger partial charge in [0.25, 0.3) is 5.91 Å². The quantitative estimate of drug-likeness (QED) is 0.787. The molecule has 0 bridgehead atoms. The molecule has 0 radical (unpaired) electrons. The van der Waals surface area contributed by atoms with Crippen LogP contribution in [0.1, 0.15) is 52.4 Å². The molecule has 1 aromatic carbocycles. The van der Waals surface area contributed by atoms with Crippen LogP contribution in [0.2, 0.25) is 0 Å². The molecular weight excluding hydrogens is 338 g/mol. The van der Waals surface area contributed by atoms with Crippen LogP contribution in [0.5, 0.6) is 11.5 Å². The summed E-state index contributed by atoms with van der Waals surface area (Å²) in [4.78, 5) is 22.9. The standard InChI is InChI=1S/C19H21NO6/c1-24-14-7-6-12(10-17(14)25-13-4-2-3-5-13)11-20-18(21)15-8-9-16(26-15)19(22)23/h6-10,13H,2-5,11H2,1H3,(H,20,21)(H,22,23). The summed E-state index contributed by atoms with van der Waals surface area (Å²) in [6.45, 7) is 0.257. The molecule has 0 atom stereocenters. The largest absolute Gasteiger partial charge is 0.493 e. The van der Waals surface area contributed by atoms with Crippen LogP contribution in [-0.4, -0.2) is 30.2 Å². The van der Waals surface area contributed by atoms with Gasteiger partial charge < -0.3 is 24.3 Å². The number of carboxylic acid groups (broad SMARTS) is 1. The van der Waals surface area contributed by atoms with Crippen molar-refractivity contribution in [3.05, 3.63) is 47.4 Å². The first kappa shape index (κ1) is 17.8. The lowest BCUT2D eigenvalue weighted by atomic mass is 10.2. The predicted octanol–water partition coefficient (Wildman–Crippen LogP) is 3.24. The number of nitrogens with one attached hydrogen (secondary N) is 1. The first-order valence-corrected chi connectivity index (χ1v) is 8.51. The van der Waals surface area contributed by atoms with Crippen molar-refractivity contribution in [2.45, 2.75) is 38.3 Å². The van der Waals surface area contributed by atoms with E-state index >= 15 is 0 Å². The number of benzene rings is 1. The Kier molecular flexibility index (Phi) is 5.46. The van der Waals surface area contributed by atoms with E-state index in [1.54, 1.807) is 13.2 Å². The van der Waals surface area contributed by atoms with E-state index in [0.717, 1.165) is 18.4 Å². The Morgan fingerprint density at radius 1 is 1.15 bits per heavy atom. The minimum Gasteiger partial charge on any atom is -0.493 e. The number of ether oxygens (including phenoxy) is 2. The first-order chi connectivity index (χ1) is 12.6. The topological polar surface area (TPSA) is 98.0 Å². The van der Waals surface area contributed by atoms with E-state index in [9.17, 15) is 9.59 Å². The van der Waals surface area contributed by atoms with Gasteiger partial charge in [-0.05, 0) is 55.5 Å². The smallest absolute Gasteiger partial charge is 0.371 e. The average Bonchev–Trinajstić information content (AvgIpc) is 3.31. The fourth-order valence-electron chi connectivity index (χ4n) is 2.95. The number of amides is 1. The molecule has 1 aliphatic carbocycles. The van der Waals surface area contributed by atoms with E-state index in [2.05, 4.69) is 5.32 Å². The molecule has 1 heterocycles.